The van der Waals surface area contributed by atoms with Crippen LogP contribution < -0.4 is 0 Å². The molecule has 6 heterocycles. The van der Waals surface area contributed by atoms with Gasteiger partial charge in [-0.3, -0.25) is 4.98 Å². The lowest BCUT2D eigenvalue weighted by molar-refractivity contribution is 0.568. The van der Waals surface area contributed by atoms with Gasteiger partial charge >= 0.3 is 0 Å². The molecule has 0 N–H and O–H groups in total. The second kappa shape index (κ2) is 22.2. The highest BCUT2D eigenvalue weighted by atomic mass is 15.1. The normalized spacial score (nSPS) is 12.7. The third-order valence-electron chi connectivity index (χ3n) is 20.3. The predicted octanol–water partition coefficient (Wildman–Crippen LogP) is 23.5. The molecule has 0 aliphatic carbocycles. The summed E-state index contributed by atoms with van der Waals surface area (Å²) in [5.74, 6) is 1.83. The SMILES string of the molecule is CC(C)(C)c1cc(-c2nc(-c3cc(C(C)(C)C)cc(C(C)(C)C)c3)nc(-c3ccc(-n4c5ccccc5c5cc6c7ccccc7n(-c7ccccc7)c6cc54)c(-c4ccncc4-n4c5ccccc5c5cc6c7ccccc7n(-c7ccccc7)c6cc54)c3)n2)cc(C(C)(C)C)c1. The number of pyridine rings is 1. The Morgan fingerprint density at radius 1 is 0.245 bits per heavy atom. The molecule has 0 bridgehead atoms. The lowest BCUT2D eigenvalue weighted by Gasteiger charge is -2.26. The highest BCUT2D eigenvalue weighted by molar-refractivity contribution is 6.21. The van der Waals surface area contributed by atoms with Crippen LogP contribution in [0.15, 0.2) is 255 Å². The minimum absolute atomic E-state index is 0.149. The van der Waals surface area contributed by atoms with Crippen LogP contribution in [0.2, 0.25) is 0 Å². The molecule has 8 nitrogen and oxygen atoms in total. The molecule has 6 aromatic heterocycles. The number of hydrogen-bond donors (Lipinski definition) is 0. The number of aromatic nitrogens is 8. The smallest absolute Gasteiger partial charge is 0.164 e. The maximum atomic E-state index is 5.69. The molecule has 0 amide bonds. The molecule has 0 spiro atoms. The van der Waals surface area contributed by atoms with E-state index in [1.54, 1.807) is 0 Å². The van der Waals surface area contributed by atoms with E-state index >= 15 is 0 Å². The summed E-state index contributed by atoms with van der Waals surface area (Å²) in [6, 6.07) is 89.6. The monoisotopic (exact) mass is 1270 g/mol. The summed E-state index contributed by atoms with van der Waals surface area (Å²) >= 11 is 0. The fourth-order valence-electron chi connectivity index (χ4n) is 15.0. The van der Waals surface area contributed by atoms with Crippen LogP contribution in [0.5, 0.6) is 0 Å². The molecule has 98 heavy (non-hydrogen) atoms. The standard InChI is InChI=1S/C90H78N8/c1-87(2,3)58-43-56(44-59(48-58)88(4,5)6)85-92-84(93-86(94-85)57-45-60(89(7,8)9)49-61(46-57)90(10,11)12)55-39-40-78(97-76-37-25-21-33-66(76)72-50-70-64-31-19-23-35-74(64)95(79(70)52-81(72)97)62-27-15-13-16-28-62)69(47-55)68-41-42-91-54-83(68)98-77-38-26-22-34-67(77)73-51-71-65-32-20-24-36-75(65)96(80(71)53-82(73)98)63-29-17-14-18-30-63/h13-54H,1-12H3. The van der Waals surface area contributed by atoms with Crippen molar-refractivity contribution in [2.45, 2.75) is 105 Å². The fourth-order valence-corrected chi connectivity index (χ4v) is 15.0. The molecule has 0 aliphatic heterocycles. The second-order valence-corrected chi connectivity index (χ2v) is 30.9. The van der Waals surface area contributed by atoms with E-state index in [0.29, 0.717) is 17.5 Å². The zero-order valence-corrected chi connectivity index (χ0v) is 57.8. The summed E-state index contributed by atoms with van der Waals surface area (Å²) in [6.07, 6.45) is 4.01. The number of benzene rings is 11. The lowest BCUT2D eigenvalue weighted by Crippen LogP contribution is -2.17. The molecule has 11 aromatic carbocycles. The largest absolute Gasteiger partial charge is 0.309 e. The molecule has 0 fully saturated rings. The van der Waals surface area contributed by atoms with Crippen molar-refractivity contribution in [3.63, 3.8) is 0 Å². The minimum Gasteiger partial charge on any atom is -0.309 e. The quantitative estimate of drug-likeness (QED) is 0.152. The summed E-state index contributed by atoms with van der Waals surface area (Å²) in [6.45, 7) is 27.5. The highest BCUT2D eigenvalue weighted by Crippen LogP contribution is 2.47. The third-order valence-corrected chi connectivity index (χ3v) is 20.3. The Morgan fingerprint density at radius 3 is 0.969 bits per heavy atom. The summed E-state index contributed by atoms with van der Waals surface area (Å²) in [7, 11) is 0. The minimum atomic E-state index is -0.149. The molecule has 478 valence electrons. The maximum Gasteiger partial charge on any atom is 0.164 e. The van der Waals surface area contributed by atoms with Crippen LogP contribution in [0.1, 0.15) is 105 Å². The Hall–Kier alpha value is -11.2. The van der Waals surface area contributed by atoms with Crippen molar-refractivity contribution in [1.29, 1.82) is 0 Å². The van der Waals surface area contributed by atoms with Gasteiger partial charge in [0.1, 0.15) is 0 Å². The van der Waals surface area contributed by atoms with Crippen LogP contribution in [-0.4, -0.2) is 38.2 Å². The van der Waals surface area contributed by atoms with Gasteiger partial charge in [0.2, 0.25) is 0 Å². The van der Waals surface area contributed by atoms with Gasteiger partial charge in [-0.1, -0.05) is 204 Å². The van der Waals surface area contributed by atoms with E-state index in [1.807, 2.05) is 6.20 Å². The van der Waals surface area contributed by atoms with Crippen LogP contribution in [0.3, 0.4) is 0 Å². The molecule has 17 aromatic rings. The molecule has 17 rings (SSSR count). The van der Waals surface area contributed by atoms with Crippen molar-refractivity contribution >= 4 is 87.2 Å². The first-order chi connectivity index (χ1) is 47.1. The van der Waals surface area contributed by atoms with Crippen LogP contribution >= 0.6 is 0 Å². The van der Waals surface area contributed by atoms with E-state index in [1.165, 1.54) is 49.2 Å². The molecule has 0 atom stereocenters. The molecule has 0 radical (unpaired) electrons. The number of hydrogen-bond acceptors (Lipinski definition) is 4. The Morgan fingerprint density at radius 2 is 0.582 bits per heavy atom. The van der Waals surface area contributed by atoms with Crippen LogP contribution in [0.4, 0.5) is 0 Å². The summed E-state index contributed by atoms with van der Waals surface area (Å²) < 4.78 is 9.79. The highest BCUT2D eigenvalue weighted by Gasteiger charge is 2.29. The van der Waals surface area contributed by atoms with Gasteiger partial charge in [-0.25, -0.2) is 15.0 Å². The fraction of sp³-hybridized carbons (Fsp3) is 0.178. The van der Waals surface area contributed by atoms with E-state index in [4.69, 9.17) is 19.9 Å². The average Bonchev–Trinajstić information content (AvgIpc) is 1.57. The first-order valence-corrected chi connectivity index (χ1v) is 34.3. The molecule has 0 unspecified atom stereocenters. The zero-order chi connectivity index (χ0) is 67.3. The van der Waals surface area contributed by atoms with Crippen LogP contribution in [0.25, 0.3) is 155 Å². The topological polar surface area (TPSA) is 71.3 Å². The van der Waals surface area contributed by atoms with Gasteiger partial charge in [-0.05, 0) is 165 Å². The van der Waals surface area contributed by atoms with Gasteiger partial charge in [0.15, 0.2) is 17.5 Å². The Balaban J connectivity index is 0.988. The van der Waals surface area contributed by atoms with E-state index in [-0.39, 0.29) is 21.7 Å². The Kier molecular flexibility index (Phi) is 13.7. The number of fused-ring (bicyclic) bond motifs is 12. The molecule has 8 heteroatoms. The van der Waals surface area contributed by atoms with Gasteiger partial charge in [0.25, 0.3) is 0 Å². The van der Waals surface area contributed by atoms with Crippen LogP contribution in [0, 0.1) is 0 Å². The van der Waals surface area contributed by atoms with Crippen molar-refractivity contribution < 1.29 is 0 Å². The van der Waals surface area contributed by atoms with E-state index in [0.717, 1.165) is 111 Å². The van der Waals surface area contributed by atoms with Crippen molar-refractivity contribution in [3.05, 3.63) is 277 Å². The van der Waals surface area contributed by atoms with Gasteiger partial charge in [-0.2, -0.15) is 0 Å². The number of para-hydroxylation sites is 6. The zero-order valence-electron chi connectivity index (χ0n) is 57.8. The van der Waals surface area contributed by atoms with E-state index in [9.17, 15) is 0 Å². The van der Waals surface area contributed by atoms with Crippen molar-refractivity contribution in [2.24, 2.45) is 0 Å². The van der Waals surface area contributed by atoms with Gasteiger partial charge in [-0.15, -0.1) is 0 Å². The molecule has 0 saturated carbocycles. The first kappa shape index (κ1) is 60.4. The van der Waals surface area contributed by atoms with Crippen LogP contribution in [-0.2, 0) is 21.7 Å². The second-order valence-electron chi connectivity index (χ2n) is 30.9. The summed E-state index contributed by atoms with van der Waals surface area (Å²) in [5, 5.41) is 9.46. The van der Waals surface area contributed by atoms with Crippen molar-refractivity contribution in [2.75, 3.05) is 0 Å². The molecule has 0 saturated heterocycles. The average molecular weight is 1270 g/mol. The van der Waals surface area contributed by atoms with Crippen molar-refractivity contribution in [1.82, 2.24) is 38.2 Å². The van der Waals surface area contributed by atoms with E-state index in [2.05, 4.69) is 350 Å². The molecular formula is C90H78N8. The molecule has 0 aliphatic rings. The van der Waals surface area contributed by atoms with Gasteiger partial charge in [0, 0.05) is 88.5 Å². The van der Waals surface area contributed by atoms with Gasteiger partial charge in [0.05, 0.1) is 61.7 Å². The summed E-state index contributed by atoms with van der Waals surface area (Å²) in [4.78, 5) is 22.1. The maximum absolute atomic E-state index is 5.69. The first-order valence-electron chi connectivity index (χ1n) is 34.3. The summed E-state index contributed by atoms with van der Waals surface area (Å²) in [5.41, 5.74) is 22.1. The van der Waals surface area contributed by atoms with Gasteiger partial charge < -0.3 is 18.3 Å². The molecular weight excluding hydrogens is 1190 g/mol. The Bertz CT molecular complexity index is 5930. The van der Waals surface area contributed by atoms with E-state index < -0.39 is 0 Å². The van der Waals surface area contributed by atoms with Crippen molar-refractivity contribution in [3.8, 4) is 68.0 Å². The number of nitrogens with zero attached hydrogens (tertiary/aromatic N) is 8. The third kappa shape index (κ3) is 9.93. The Labute approximate surface area is 572 Å². The predicted molar refractivity (Wildman–Crippen MR) is 412 cm³/mol. The lowest BCUT2D eigenvalue weighted by atomic mass is 9.79. The number of rotatable bonds is 8.